The highest BCUT2D eigenvalue weighted by Gasteiger charge is 2.15. The van der Waals surface area contributed by atoms with E-state index in [1.807, 2.05) is 0 Å². The number of aromatic nitrogens is 2. The van der Waals surface area contributed by atoms with Crippen molar-refractivity contribution in [2.75, 3.05) is 6.54 Å². The largest absolute Gasteiger partial charge is 0.311 e. The smallest absolute Gasteiger partial charge is 0.194 e. The predicted octanol–water partition coefficient (Wildman–Crippen LogP) is 6.11. The van der Waals surface area contributed by atoms with E-state index in [4.69, 9.17) is 4.98 Å². The Morgan fingerprint density at radius 1 is 0.966 bits per heavy atom. The number of nitrogens with one attached hydrogen (secondary N) is 1. The minimum atomic E-state index is 0.464. The molecule has 1 unspecified atom stereocenters. The molecular weight excluding hydrogens is 374 g/mol. The summed E-state index contributed by atoms with van der Waals surface area (Å²) in [4.78, 5) is 5.99. The summed E-state index contributed by atoms with van der Waals surface area (Å²) < 4.78 is 2.22. The molecule has 5 aromatic rings. The van der Waals surface area contributed by atoms with E-state index in [0.717, 1.165) is 23.7 Å². The average Bonchev–Trinajstić information content (AvgIpc) is 3.36. The van der Waals surface area contributed by atoms with Gasteiger partial charge >= 0.3 is 0 Å². The summed E-state index contributed by atoms with van der Waals surface area (Å²) in [6.45, 7) is 3.99. The molecule has 0 bridgehead atoms. The van der Waals surface area contributed by atoms with E-state index in [1.165, 1.54) is 27.6 Å². The SMILES string of the molecule is CC(CNCc1c(-c2ccc3ccccc3c2)nc2sccn12)c1ccccc1. The molecule has 3 nitrogen and oxygen atoms in total. The van der Waals surface area contributed by atoms with Crippen molar-refractivity contribution in [1.82, 2.24) is 14.7 Å². The third kappa shape index (κ3) is 3.57. The van der Waals surface area contributed by atoms with Crippen LogP contribution >= 0.6 is 11.3 Å². The maximum Gasteiger partial charge on any atom is 0.194 e. The van der Waals surface area contributed by atoms with Crippen LogP contribution in [-0.2, 0) is 6.54 Å². The van der Waals surface area contributed by atoms with E-state index >= 15 is 0 Å². The topological polar surface area (TPSA) is 29.3 Å². The van der Waals surface area contributed by atoms with Crippen LogP contribution in [0, 0.1) is 0 Å². The Bertz CT molecular complexity index is 1250. The van der Waals surface area contributed by atoms with Gasteiger partial charge in [0.2, 0.25) is 0 Å². The first-order valence-corrected chi connectivity index (χ1v) is 10.9. The number of nitrogens with zero attached hydrogens (tertiary/aromatic N) is 2. The van der Waals surface area contributed by atoms with Gasteiger partial charge in [0.25, 0.3) is 0 Å². The first-order valence-electron chi connectivity index (χ1n) is 9.99. The van der Waals surface area contributed by atoms with E-state index < -0.39 is 0 Å². The molecule has 144 valence electrons. The van der Waals surface area contributed by atoms with Gasteiger partial charge < -0.3 is 5.32 Å². The van der Waals surface area contributed by atoms with Crippen molar-refractivity contribution in [1.29, 1.82) is 0 Å². The molecule has 5 rings (SSSR count). The van der Waals surface area contributed by atoms with E-state index in [1.54, 1.807) is 11.3 Å². The predicted molar refractivity (Wildman–Crippen MR) is 123 cm³/mol. The molecule has 29 heavy (non-hydrogen) atoms. The highest BCUT2D eigenvalue weighted by Crippen LogP contribution is 2.29. The van der Waals surface area contributed by atoms with Crippen molar-refractivity contribution in [2.24, 2.45) is 0 Å². The van der Waals surface area contributed by atoms with Gasteiger partial charge in [-0.2, -0.15) is 0 Å². The maximum atomic E-state index is 4.95. The van der Waals surface area contributed by atoms with E-state index in [-0.39, 0.29) is 0 Å². The second kappa shape index (κ2) is 7.82. The highest BCUT2D eigenvalue weighted by molar-refractivity contribution is 7.15. The summed E-state index contributed by atoms with van der Waals surface area (Å²) in [5.41, 5.74) is 4.83. The first-order chi connectivity index (χ1) is 14.3. The molecule has 0 saturated heterocycles. The Morgan fingerprint density at radius 3 is 2.62 bits per heavy atom. The third-order valence-electron chi connectivity index (χ3n) is 5.50. The molecular formula is C25H23N3S. The molecule has 0 spiro atoms. The number of benzene rings is 3. The standard InChI is InChI=1S/C25H23N3S/c1-18(19-7-3-2-4-8-19)16-26-17-23-24(27-25-28(23)13-14-29-25)22-12-11-20-9-5-6-10-21(20)15-22/h2-15,18,26H,16-17H2,1H3. The zero-order valence-corrected chi connectivity index (χ0v) is 17.2. The molecule has 2 heterocycles. The fourth-order valence-electron chi connectivity index (χ4n) is 3.88. The van der Waals surface area contributed by atoms with Crippen molar-refractivity contribution >= 4 is 27.1 Å². The van der Waals surface area contributed by atoms with Crippen molar-refractivity contribution in [3.8, 4) is 11.3 Å². The van der Waals surface area contributed by atoms with Gasteiger partial charge in [-0.3, -0.25) is 4.40 Å². The van der Waals surface area contributed by atoms with E-state index in [2.05, 4.69) is 101 Å². The molecule has 0 aliphatic heterocycles. The van der Waals surface area contributed by atoms with E-state index in [9.17, 15) is 0 Å². The van der Waals surface area contributed by atoms with Crippen molar-refractivity contribution in [2.45, 2.75) is 19.4 Å². The van der Waals surface area contributed by atoms with Crippen LogP contribution in [0.2, 0.25) is 0 Å². The Hall–Kier alpha value is -2.95. The Kier molecular flexibility index (Phi) is 4.88. The fraction of sp³-hybridized carbons (Fsp3) is 0.160. The van der Waals surface area contributed by atoms with Crippen LogP contribution in [0.15, 0.2) is 84.4 Å². The molecule has 0 amide bonds. The minimum Gasteiger partial charge on any atom is -0.311 e. The van der Waals surface area contributed by atoms with Crippen LogP contribution in [0.4, 0.5) is 0 Å². The highest BCUT2D eigenvalue weighted by atomic mass is 32.1. The summed E-state index contributed by atoms with van der Waals surface area (Å²) in [5, 5.41) is 8.27. The average molecular weight is 398 g/mol. The molecule has 3 aromatic carbocycles. The zero-order valence-electron chi connectivity index (χ0n) is 16.4. The molecule has 1 N–H and O–H groups in total. The molecule has 2 aromatic heterocycles. The maximum absolute atomic E-state index is 4.95. The summed E-state index contributed by atoms with van der Waals surface area (Å²) >= 11 is 1.68. The number of rotatable bonds is 6. The summed E-state index contributed by atoms with van der Waals surface area (Å²) in [5.74, 6) is 0.464. The lowest BCUT2D eigenvalue weighted by molar-refractivity contribution is 0.607. The summed E-state index contributed by atoms with van der Waals surface area (Å²) in [6, 6.07) is 25.8. The van der Waals surface area contributed by atoms with Gasteiger partial charge in [-0.05, 0) is 28.3 Å². The Labute approximate surface area is 174 Å². The number of hydrogen-bond donors (Lipinski definition) is 1. The van der Waals surface area contributed by atoms with E-state index in [0.29, 0.717) is 5.92 Å². The van der Waals surface area contributed by atoms with Gasteiger partial charge in [0.05, 0.1) is 11.4 Å². The van der Waals surface area contributed by atoms with Gasteiger partial charge in [0, 0.05) is 30.2 Å². The van der Waals surface area contributed by atoms with Gasteiger partial charge in [-0.25, -0.2) is 4.98 Å². The second-order valence-corrected chi connectivity index (χ2v) is 8.34. The fourth-order valence-corrected chi connectivity index (χ4v) is 4.61. The Morgan fingerprint density at radius 2 is 1.76 bits per heavy atom. The van der Waals surface area contributed by atoms with Gasteiger partial charge in [-0.15, -0.1) is 11.3 Å². The Balaban J connectivity index is 1.43. The molecule has 0 fully saturated rings. The molecule has 1 atom stereocenters. The van der Waals surface area contributed by atoms with Crippen LogP contribution in [0.5, 0.6) is 0 Å². The van der Waals surface area contributed by atoms with Crippen LogP contribution in [0.25, 0.3) is 27.0 Å². The van der Waals surface area contributed by atoms with Crippen molar-refractivity contribution < 1.29 is 0 Å². The molecule has 0 aliphatic carbocycles. The van der Waals surface area contributed by atoms with Crippen LogP contribution in [0.3, 0.4) is 0 Å². The van der Waals surface area contributed by atoms with Crippen molar-refractivity contribution in [3.05, 3.63) is 95.6 Å². The molecule has 4 heteroatoms. The van der Waals surface area contributed by atoms with Crippen LogP contribution in [-0.4, -0.2) is 15.9 Å². The zero-order chi connectivity index (χ0) is 19.6. The lowest BCUT2D eigenvalue weighted by Gasteiger charge is -2.13. The molecule has 0 radical (unpaired) electrons. The summed E-state index contributed by atoms with van der Waals surface area (Å²) in [7, 11) is 0. The lowest BCUT2D eigenvalue weighted by Crippen LogP contribution is -2.20. The lowest BCUT2D eigenvalue weighted by atomic mass is 10.0. The third-order valence-corrected chi connectivity index (χ3v) is 6.25. The van der Waals surface area contributed by atoms with Gasteiger partial charge in [0.1, 0.15) is 0 Å². The van der Waals surface area contributed by atoms with Crippen LogP contribution in [0.1, 0.15) is 24.1 Å². The monoisotopic (exact) mass is 397 g/mol. The number of fused-ring (bicyclic) bond motifs is 2. The second-order valence-electron chi connectivity index (χ2n) is 7.47. The number of thiazole rings is 1. The van der Waals surface area contributed by atoms with Crippen LogP contribution < -0.4 is 5.32 Å². The normalized spacial score (nSPS) is 12.6. The summed E-state index contributed by atoms with van der Waals surface area (Å²) in [6.07, 6.45) is 2.12. The molecule has 0 saturated carbocycles. The van der Waals surface area contributed by atoms with Crippen molar-refractivity contribution in [3.63, 3.8) is 0 Å². The van der Waals surface area contributed by atoms with Gasteiger partial charge in [0.15, 0.2) is 4.96 Å². The molecule has 0 aliphatic rings. The quantitative estimate of drug-likeness (QED) is 0.375. The minimum absolute atomic E-state index is 0.464. The number of imidazole rings is 1. The number of hydrogen-bond acceptors (Lipinski definition) is 3. The van der Waals surface area contributed by atoms with Gasteiger partial charge in [-0.1, -0.05) is 73.7 Å². The first kappa shape index (κ1) is 18.1.